The maximum atomic E-state index is 12.1. The molecule has 0 saturated carbocycles. The second kappa shape index (κ2) is 6.03. The first-order chi connectivity index (χ1) is 8.31. The first-order valence-electron chi connectivity index (χ1n) is 5.14. The first-order valence-corrected chi connectivity index (χ1v) is 5.52. The van der Waals surface area contributed by atoms with Crippen LogP contribution in [0.15, 0.2) is 0 Å². The van der Waals surface area contributed by atoms with Gasteiger partial charge in [-0.05, 0) is 18.5 Å². The Morgan fingerprint density at radius 2 is 1.94 bits per heavy atom. The molecule has 0 spiro atoms. The van der Waals surface area contributed by atoms with Crippen LogP contribution in [0.25, 0.3) is 0 Å². The Bertz CT molecular complexity index is 402. The molecule has 1 aromatic rings. The smallest absolute Gasteiger partial charge is 0.390 e. The highest BCUT2D eigenvalue weighted by atomic mass is 35.5. The number of rotatable bonds is 5. The zero-order valence-electron chi connectivity index (χ0n) is 9.83. The zero-order valence-corrected chi connectivity index (χ0v) is 10.6. The average molecular weight is 285 g/mol. The van der Waals surface area contributed by atoms with Crippen molar-refractivity contribution < 1.29 is 17.9 Å². The molecule has 0 N–H and O–H groups in total. The SMILES string of the molecule is CCOc1nc(Cl)nc(N(C)CCC(F)(F)F)n1. The Kier molecular flexibility index (Phi) is 4.94. The van der Waals surface area contributed by atoms with Crippen LogP contribution in [-0.4, -0.2) is 41.3 Å². The number of anilines is 1. The van der Waals surface area contributed by atoms with Gasteiger partial charge in [0.2, 0.25) is 11.2 Å². The van der Waals surface area contributed by atoms with Crippen LogP contribution in [0.2, 0.25) is 5.28 Å². The fourth-order valence-corrected chi connectivity index (χ4v) is 1.23. The molecule has 0 aromatic carbocycles. The fraction of sp³-hybridized carbons (Fsp3) is 0.667. The number of ether oxygens (including phenoxy) is 1. The van der Waals surface area contributed by atoms with Crippen LogP contribution < -0.4 is 9.64 Å². The molecule has 18 heavy (non-hydrogen) atoms. The summed E-state index contributed by atoms with van der Waals surface area (Å²) in [5, 5.41) is -0.123. The van der Waals surface area contributed by atoms with Gasteiger partial charge in [0.1, 0.15) is 0 Å². The van der Waals surface area contributed by atoms with E-state index >= 15 is 0 Å². The van der Waals surface area contributed by atoms with Crippen molar-refractivity contribution >= 4 is 17.5 Å². The predicted molar refractivity (Wildman–Crippen MR) is 59.9 cm³/mol. The molecular formula is C9H12ClF3N4O. The molecule has 1 heterocycles. The molecule has 0 fully saturated rings. The van der Waals surface area contributed by atoms with Crippen LogP contribution in [-0.2, 0) is 0 Å². The monoisotopic (exact) mass is 284 g/mol. The van der Waals surface area contributed by atoms with Gasteiger partial charge in [-0.2, -0.15) is 28.1 Å². The third kappa shape index (κ3) is 4.91. The Labute approximate surface area is 107 Å². The summed E-state index contributed by atoms with van der Waals surface area (Å²) < 4.78 is 41.3. The Morgan fingerprint density at radius 1 is 1.28 bits per heavy atom. The van der Waals surface area contributed by atoms with Crippen LogP contribution in [0.1, 0.15) is 13.3 Å². The van der Waals surface area contributed by atoms with Crippen molar-refractivity contribution in [1.29, 1.82) is 0 Å². The summed E-state index contributed by atoms with van der Waals surface area (Å²) in [7, 11) is 1.44. The molecule has 0 unspecified atom stereocenters. The van der Waals surface area contributed by atoms with Crippen molar-refractivity contribution in [1.82, 2.24) is 15.0 Å². The van der Waals surface area contributed by atoms with E-state index in [9.17, 15) is 13.2 Å². The predicted octanol–water partition coefficient (Wildman–Crippen LogP) is 2.31. The summed E-state index contributed by atoms with van der Waals surface area (Å²) in [6.45, 7) is 1.78. The van der Waals surface area contributed by atoms with Gasteiger partial charge in [0.15, 0.2) is 0 Å². The van der Waals surface area contributed by atoms with E-state index in [2.05, 4.69) is 15.0 Å². The molecular weight excluding hydrogens is 273 g/mol. The molecule has 0 radical (unpaired) electrons. The van der Waals surface area contributed by atoms with Crippen LogP contribution in [0, 0.1) is 0 Å². The molecule has 0 aliphatic heterocycles. The lowest BCUT2D eigenvalue weighted by Gasteiger charge is -2.18. The largest absolute Gasteiger partial charge is 0.464 e. The van der Waals surface area contributed by atoms with Crippen LogP contribution in [0.5, 0.6) is 6.01 Å². The Hall–Kier alpha value is -1.31. The standard InChI is InChI=1S/C9H12ClF3N4O/c1-3-18-8-15-6(10)14-7(16-8)17(2)5-4-9(11,12)13/h3-5H2,1-2H3. The van der Waals surface area contributed by atoms with Gasteiger partial charge in [0.25, 0.3) is 0 Å². The van der Waals surface area contributed by atoms with Crippen molar-refractivity contribution in [2.45, 2.75) is 19.5 Å². The maximum Gasteiger partial charge on any atom is 0.390 e. The minimum absolute atomic E-state index is 0.00800. The second-order valence-corrected chi connectivity index (χ2v) is 3.74. The quantitative estimate of drug-likeness (QED) is 0.830. The summed E-state index contributed by atoms with van der Waals surface area (Å²) in [5.74, 6) is 0.0442. The van der Waals surface area contributed by atoms with Crippen LogP contribution in [0.4, 0.5) is 19.1 Å². The summed E-state index contributed by atoms with van der Waals surface area (Å²) >= 11 is 5.63. The number of aromatic nitrogens is 3. The molecule has 0 aliphatic rings. The minimum Gasteiger partial charge on any atom is -0.464 e. The summed E-state index contributed by atoms with van der Waals surface area (Å²) in [6.07, 6.45) is -5.19. The third-order valence-corrected chi connectivity index (χ3v) is 2.09. The Balaban J connectivity index is 2.75. The molecule has 1 aromatic heterocycles. The minimum atomic E-state index is -4.23. The molecule has 1 rings (SSSR count). The van der Waals surface area contributed by atoms with E-state index in [1.54, 1.807) is 6.92 Å². The number of alkyl halides is 3. The lowest BCUT2D eigenvalue weighted by Crippen LogP contribution is -2.26. The van der Waals surface area contributed by atoms with Gasteiger partial charge >= 0.3 is 12.2 Å². The third-order valence-electron chi connectivity index (χ3n) is 1.92. The number of hydrogen-bond donors (Lipinski definition) is 0. The van der Waals surface area contributed by atoms with E-state index < -0.39 is 12.6 Å². The molecule has 0 amide bonds. The fourth-order valence-electron chi connectivity index (χ4n) is 1.08. The topological polar surface area (TPSA) is 51.1 Å². The first kappa shape index (κ1) is 14.7. The molecule has 102 valence electrons. The van der Waals surface area contributed by atoms with Crippen LogP contribution >= 0.6 is 11.6 Å². The van der Waals surface area contributed by atoms with Crippen LogP contribution in [0.3, 0.4) is 0 Å². The van der Waals surface area contributed by atoms with Crippen molar-refractivity contribution in [2.75, 3.05) is 25.1 Å². The van der Waals surface area contributed by atoms with Crippen molar-refractivity contribution in [3.63, 3.8) is 0 Å². The van der Waals surface area contributed by atoms with E-state index in [1.165, 1.54) is 11.9 Å². The molecule has 0 bridgehead atoms. The van der Waals surface area contributed by atoms with Gasteiger partial charge in [-0.15, -0.1) is 0 Å². The maximum absolute atomic E-state index is 12.1. The van der Waals surface area contributed by atoms with Crippen molar-refractivity contribution in [3.8, 4) is 6.01 Å². The molecule has 5 nitrogen and oxygen atoms in total. The highest BCUT2D eigenvalue weighted by molar-refractivity contribution is 6.28. The van der Waals surface area contributed by atoms with Gasteiger partial charge in [0.05, 0.1) is 13.0 Å². The van der Waals surface area contributed by atoms with Gasteiger partial charge in [-0.25, -0.2) is 0 Å². The van der Waals surface area contributed by atoms with E-state index in [0.29, 0.717) is 6.61 Å². The summed E-state index contributed by atoms with van der Waals surface area (Å²) in [4.78, 5) is 12.5. The van der Waals surface area contributed by atoms with Gasteiger partial charge in [-0.1, -0.05) is 0 Å². The highest BCUT2D eigenvalue weighted by Gasteiger charge is 2.27. The lowest BCUT2D eigenvalue weighted by molar-refractivity contribution is -0.132. The Morgan fingerprint density at radius 3 is 2.50 bits per heavy atom. The number of hydrogen-bond acceptors (Lipinski definition) is 5. The normalized spacial score (nSPS) is 11.4. The second-order valence-electron chi connectivity index (χ2n) is 3.41. The summed E-state index contributed by atoms with van der Waals surface area (Å²) in [6, 6.07) is -0.00800. The van der Waals surface area contributed by atoms with Crippen molar-refractivity contribution in [2.24, 2.45) is 0 Å². The summed E-state index contributed by atoms with van der Waals surface area (Å²) in [5.41, 5.74) is 0. The van der Waals surface area contributed by atoms with Crippen molar-refractivity contribution in [3.05, 3.63) is 5.28 Å². The molecule has 0 atom stereocenters. The van der Waals surface area contributed by atoms with E-state index in [1.807, 2.05) is 0 Å². The average Bonchev–Trinajstić information content (AvgIpc) is 2.24. The highest BCUT2D eigenvalue weighted by Crippen LogP contribution is 2.21. The van der Waals surface area contributed by atoms with E-state index in [-0.39, 0.29) is 23.8 Å². The molecule has 9 heteroatoms. The van der Waals surface area contributed by atoms with E-state index in [4.69, 9.17) is 16.3 Å². The van der Waals surface area contributed by atoms with Gasteiger partial charge < -0.3 is 9.64 Å². The van der Waals surface area contributed by atoms with Gasteiger partial charge in [-0.3, -0.25) is 0 Å². The molecule has 0 saturated heterocycles. The van der Waals surface area contributed by atoms with Gasteiger partial charge in [0, 0.05) is 13.6 Å². The van der Waals surface area contributed by atoms with E-state index in [0.717, 1.165) is 0 Å². The number of halogens is 4. The number of nitrogens with zero attached hydrogens (tertiary/aromatic N) is 4. The lowest BCUT2D eigenvalue weighted by atomic mass is 10.4. The zero-order chi connectivity index (χ0) is 13.8. The molecule has 0 aliphatic carbocycles.